The molecule has 1 aromatic heterocycles. The molecular formula is C10H19N5O2. The van der Waals surface area contributed by atoms with Crippen molar-refractivity contribution in [2.75, 3.05) is 20.3 Å². The Kier molecular flexibility index (Phi) is 6.05. The summed E-state index contributed by atoms with van der Waals surface area (Å²) in [4.78, 5) is 8.24. The number of nitrogens with zero attached hydrogens (tertiary/aromatic N) is 2. The lowest BCUT2D eigenvalue weighted by Crippen LogP contribution is -2.42. The van der Waals surface area contributed by atoms with Crippen LogP contribution in [0.15, 0.2) is 15.6 Å². The number of aryl methyl sites for hydroxylation is 1. The second-order valence-electron chi connectivity index (χ2n) is 3.45. The maximum Gasteiger partial charge on any atom is 0.216 e. The van der Waals surface area contributed by atoms with E-state index >= 15 is 0 Å². The minimum Gasteiger partial charge on any atom is -0.444 e. The normalized spacial score (nSPS) is 11.6. The molecule has 0 spiro atoms. The molecule has 0 saturated heterocycles. The van der Waals surface area contributed by atoms with Crippen molar-refractivity contribution in [1.82, 2.24) is 15.7 Å². The van der Waals surface area contributed by atoms with E-state index in [1.165, 1.54) is 0 Å². The van der Waals surface area contributed by atoms with Crippen LogP contribution in [-0.4, -0.2) is 31.2 Å². The van der Waals surface area contributed by atoms with Crippen LogP contribution in [0.25, 0.3) is 0 Å². The summed E-state index contributed by atoms with van der Waals surface area (Å²) in [6.07, 6.45) is 2.54. The van der Waals surface area contributed by atoms with E-state index in [0.717, 1.165) is 18.7 Å². The van der Waals surface area contributed by atoms with Crippen LogP contribution in [0.5, 0.6) is 0 Å². The van der Waals surface area contributed by atoms with E-state index in [0.29, 0.717) is 25.0 Å². The minimum atomic E-state index is 0.352. The first-order valence-corrected chi connectivity index (χ1v) is 5.41. The zero-order valence-corrected chi connectivity index (χ0v) is 10.2. The summed E-state index contributed by atoms with van der Waals surface area (Å²) in [5.74, 6) is 7.18. The van der Waals surface area contributed by atoms with Crippen molar-refractivity contribution in [3.63, 3.8) is 0 Å². The Morgan fingerprint density at radius 3 is 3.06 bits per heavy atom. The molecule has 7 heteroatoms. The highest BCUT2D eigenvalue weighted by Crippen LogP contribution is 2.02. The Labute approximate surface area is 100 Å². The fourth-order valence-corrected chi connectivity index (χ4v) is 1.20. The number of nitrogens with one attached hydrogen (secondary N) is 2. The first kappa shape index (κ1) is 13.5. The minimum absolute atomic E-state index is 0.352. The van der Waals surface area contributed by atoms with E-state index < -0.39 is 0 Å². The molecule has 1 heterocycles. The number of rotatable bonds is 6. The number of aliphatic imine (C=N–C) groups is 1. The van der Waals surface area contributed by atoms with Crippen LogP contribution in [0.4, 0.5) is 0 Å². The molecule has 0 fully saturated rings. The number of hydrazine groups is 1. The molecule has 96 valence electrons. The molecule has 7 nitrogen and oxygen atoms in total. The van der Waals surface area contributed by atoms with E-state index in [1.807, 2.05) is 6.92 Å². The van der Waals surface area contributed by atoms with Crippen LogP contribution in [-0.2, 0) is 11.3 Å². The number of nitrogens with two attached hydrogens (primary N) is 1. The van der Waals surface area contributed by atoms with Crippen LogP contribution in [0, 0.1) is 6.92 Å². The van der Waals surface area contributed by atoms with Crippen molar-refractivity contribution < 1.29 is 9.15 Å². The molecule has 0 atom stereocenters. The third kappa shape index (κ3) is 5.32. The number of aromatic nitrogens is 1. The SMILES string of the molecule is COCCCNC(=NCc1ncc(C)o1)NN. The van der Waals surface area contributed by atoms with Gasteiger partial charge >= 0.3 is 0 Å². The fourth-order valence-electron chi connectivity index (χ4n) is 1.20. The molecule has 0 radical (unpaired) electrons. The van der Waals surface area contributed by atoms with Gasteiger partial charge in [-0.25, -0.2) is 15.8 Å². The highest BCUT2D eigenvalue weighted by Gasteiger charge is 2.00. The Morgan fingerprint density at radius 2 is 2.47 bits per heavy atom. The van der Waals surface area contributed by atoms with Crippen LogP contribution < -0.4 is 16.6 Å². The topological polar surface area (TPSA) is 97.7 Å². The number of methoxy groups -OCH3 is 1. The molecule has 17 heavy (non-hydrogen) atoms. The largest absolute Gasteiger partial charge is 0.444 e. The van der Waals surface area contributed by atoms with Gasteiger partial charge in [0.15, 0.2) is 0 Å². The standard InChI is InChI=1S/C10H19N5O2/c1-8-6-13-9(17-8)7-14-10(15-11)12-4-3-5-16-2/h6H,3-5,7,11H2,1-2H3,(H2,12,14,15). The second-order valence-corrected chi connectivity index (χ2v) is 3.45. The zero-order valence-electron chi connectivity index (χ0n) is 10.2. The number of hydrogen-bond acceptors (Lipinski definition) is 5. The van der Waals surface area contributed by atoms with Gasteiger partial charge in [0.05, 0.1) is 6.20 Å². The number of guanidine groups is 1. The number of oxazole rings is 1. The van der Waals surface area contributed by atoms with E-state index in [2.05, 4.69) is 20.7 Å². The Hall–Kier alpha value is -1.60. The smallest absolute Gasteiger partial charge is 0.216 e. The summed E-state index contributed by atoms with van der Waals surface area (Å²) in [6, 6.07) is 0. The number of hydrogen-bond donors (Lipinski definition) is 3. The Balaban J connectivity index is 2.33. The predicted molar refractivity (Wildman–Crippen MR) is 64.2 cm³/mol. The first-order valence-electron chi connectivity index (χ1n) is 5.41. The van der Waals surface area contributed by atoms with E-state index in [-0.39, 0.29) is 0 Å². The van der Waals surface area contributed by atoms with Crippen LogP contribution in [0.1, 0.15) is 18.1 Å². The van der Waals surface area contributed by atoms with Gasteiger partial charge in [-0.3, -0.25) is 5.43 Å². The molecule has 0 aliphatic carbocycles. The van der Waals surface area contributed by atoms with Gasteiger partial charge in [0.1, 0.15) is 12.3 Å². The maximum atomic E-state index is 5.33. The van der Waals surface area contributed by atoms with Gasteiger partial charge in [-0.1, -0.05) is 0 Å². The van der Waals surface area contributed by atoms with Gasteiger partial charge in [-0.15, -0.1) is 0 Å². The zero-order chi connectivity index (χ0) is 12.5. The van der Waals surface area contributed by atoms with Gasteiger partial charge in [-0.05, 0) is 13.3 Å². The van der Waals surface area contributed by atoms with Crippen molar-refractivity contribution >= 4 is 5.96 Å². The Morgan fingerprint density at radius 1 is 1.65 bits per heavy atom. The summed E-state index contributed by atoms with van der Waals surface area (Å²) in [5, 5.41) is 3.05. The third-order valence-electron chi connectivity index (χ3n) is 2.00. The van der Waals surface area contributed by atoms with Crippen molar-refractivity contribution in [3.05, 3.63) is 17.8 Å². The van der Waals surface area contributed by atoms with E-state index in [9.17, 15) is 0 Å². The molecule has 0 unspecified atom stereocenters. The van der Waals surface area contributed by atoms with Crippen molar-refractivity contribution in [3.8, 4) is 0 Å². The van der Waals surface area contributed by atoms with Gasteiger partial charge in [0.25, 0.3) is 0 Å². The molecule has 0 aliphatic rings. The maximum absolute atomic E-state index is 5.33. The van der Waals surface area contributed by atoms with Crippen molar-refractivity contribution in [2.45, 2.75) is 19.9 Å². The fraction of sp³-hybridized carbons (Fsp3) is 0.600. The lowest BCUT2D eigenvalue weighted by atomic mass is 10.4. The molecule has 1 rings (SSSR count). The highest BCUT2D eigenvalue weighted by atomic mass is 16.5. The summed E-state index contributed by atoms with van der Waals surface area (Å²) < 4.78 is 10.2. The third-order valence-corrected chi connectivity index (χ3v) is 2.00. The van der Waals surface area contributed by atoms with Crippen molar-refractivity contribution in [1.29, 1.82) is 0 Å². The quantitative estimate of drug-likeness (QED) is 0.212. The lowest BCUT2D eigenvalue weighted by Gasteiger charge is -2.07. The average molecular weight is 241 g/mol. The lowest BCUT2D eigenvalue weighted by molar-refractivity contribution is 0.195. The van der Waals surface area contributed by atoms with E-state index in [4.69, 9.17) is 15.0 Å². The first-order chi connectivity index (χ1) is 8.26. The molecular weight excluding hydrogens is 222 g/mol. The van der Waals surface area contributed by atoms with Crippen LogP contribution in [0.3, 0.4) is 0 Å². The van der Waals surface area contributed by atoms with Gasteiger partial charge < -0.3 is 14.5 Å². The molecule has 0 saturated carbocycles. The van der Waals surface area contributed by atoms with E-state index in [1.54, 1.807) is 13.3 Å². The predicted octanol–water partition coefficient (Wildman–Crippen LogP) is -0.0716. The monoisotopic (exact) mass is 241 g/mol. The second kappa shape index (κ2) is 7.64. The molecule has 0 amide bonds. The van der Waals surface area contributed by atoms with Crippen molar-refractivity contribution in [2.24, 2.45) is 10.8 Å². The Bertz CT molecular complexity index is 350. The molecule has 4 N–H and O–H groups in total. The summed E-state index contributed by atoms with van der Waals surface area (Å²) >= 11 is 0. The van der Waals surface area contributed by atoms with Crippen LogP contribution in [0.2, 0.25) is 0 Å². The summed E-state index contributed by atoms with van der Waals surface area (Å²) in [7, 11) is 1.67. The molecule has 0 aliphatic heterocycles. The summed E-state index contributed by atoms with van der Waals surface area (Å²) in [6.45, 7) is 3.63. The molecule has 0 aromatic carbocycles. The average Bonchev–Trinajstić information content (AvgIpc) is 2.74. The molecule has 1 aromatic rings. The molecule has 0 bridgehead atoms. The van der Waals surface area contributed by atoms with Gasteiger partial charge in [-0.2, -0.15) is 0 Å². The van der Waals surface area contributed by atoms with Gasteiger partial charge in [0.2, 0.25) is 11.9 Å². The van der Waals surface area contributed by atoms with Gasteiger partial charge in [0, 0.05) is 20.3 Å². The number of ether oxygens (including phenoxy) is 1. The van der Waals surface area contributed by atoms with Crippen LogP contribution >= 0.6 is 0 Å². The highest BCUT2D eigenvalue weighted by molar-refractivity contribution is 5.79. The summed E-state index contributed by atoms with van der Waals surface area (Å²) in [5.41, 5.74) is 2.48.